The summed E-state index contributed by atoms with van der Waals surface area (Å²) in [5, 5.41) is 12.7. The van der Waals surface area contributed by atoms with E-state index >= 15 is 0 Å². The van der Waals surface area contributed by atoms with Crippen molar-refractivity contribution in [3.05, 3.63) is 104 Å². The van der Waals surface area contributed by atoms with Crippen molar-refractivity contribution in [1.29, 1.82) is 0 Å². The quantitative estimate of drug-likeness (QED) is 0.219. The van der Waals surface area contributed by atoms with E-state index in [1.54, 1.807) is 41.1 Å². The summed E-state index contributed by atoms with van der Waals surface area (Å²) in [6.07, 6.45) is 0.104. The number of aromatic nitrogens is 2. The summed E-state index contributed by atoms with van der Waals surface area (Å²) in [5.41, 5.74) is 9.15. The zero-order valence-electron chi connectivity index (χ0n) is 20.6. The Morgan fingerprint density at radius 3 is 2.41 bits per heavy atom. The molecule has 39 heavy (non-hydrogen) atoms. The fraction of sp³-hybridized carbons (Fsp3) is 0.148. The van der Waals surface area contributed by atoms with Crippen LogP contribution in [0, 0.1) is 6.92 Å². The molecular weight excluding hydrogens is 580 g/mol. The number of guanidine groups is 2. The van der Waals surface area contributed by atoms with Crippen LogP contribution in [0.5, 0.6) is 11.6 Å². The Kier molecular flexibility index (Phi) is 8.18. The van der Waals surface area contributed by atoms with E-state index in [-0.39, 0.29) is 5.96 Å². The van der Waals surface area contributed by atoms with Gasteiger partial charge in [0.2, 0.25) is 5.88 Å². The molecule has 12 heteroatoms. The van der Waals surface area contributed by atoms with Crippen molar-refractivity contribution in [2.24, 2.45) is 15.7 Å². The maximum Gasteiger partial charge on any atom is 0.230 e. The number of hydrogen-bond acceptors (Lipinski definition) is 5. The predicted molar refractivity (Wildman–Crippen MR) is 158 cm³/mol. The maximum atomic E-state index is 6.56. The summed E-state index contributed by atoms with van der Waals surface area (Å²) in [7, 11) is 0. The molecule has 0 saturated carbocycles. The van der Waals surface area contributed by atoms with Crippen LogP contribution in [0.2, 0.25) is 20.1 Å². The van der Waals surface area contributed by atoms with Gasteiger partial charge in [-0.3, -0.25) is 10.3 Å². The van der Waals surface area contributed by atoms with E-state index in [1.807, 2.05) is 25.1 Å². The summed E-state index contributed by atoms with van der Waals surface area (Å²) in [4.78, 5) is 9.22. The molecule has 1 aliphatic heterocycles. The fourth-order valence-electron chi connectivity index (χ4n) is 4.06. The van der Waals surface area contributed by atoms with Gasteiger partial charge in [-0.25, -0.2) is 4.99 Å². The molecule has 1 atom stereocenters. The van der Waals surface area contributed by atoms with E-state index in [0.29, 0.717) is 61.2 Å². The second-order valence-electron chi connectivity index (χ2n) is 8.64. The number of nitrogens with one attached hydrogen (secondary N) is 2. The van der Waals surface area contributed by atoms with E-state index in [1.165, 1.54) is 5.56 Å². The van der Waals surface area contributed by atoms with E-state index < -0.39 is 6.17 Å². The lowest BCUT2D eigenvalue weighted by Gasteiger charge is -2.24. The molecule has 4 aromatic rings. The van der Waals surface area contributed by atoms with E-state index in [9.17, 15) is 0 Å². The van der Waals surface area contributed by atoms with Crippen molar-refractivity contribution in [3.8, 4) is 17.3 Å². The number of halogens is 4. The molecule has 0 bridgehead atoms. The number of aryl methyl sites for hydroxylation is 1. The maximum absolute atomic E-state index is 6.56. The highest BCUT2D eigenvalue weighted by atomic mass is 35.5. The molecule has 0 radical (unpaired) electrons. The first-order valence-electron chi connectivity index (χ1n) is 11.9. The zero-order chi connectivity index (χ0) is 27.5. The standard InChI is InChI=1S/C27H23Cl4N7O/c1-15-23(24-34-26(32)36-27(35-24)33-12-11-16-5-3-2-4-6-16)25(39-22-10-8-18(29)14-20(22)31)38(37-15)21-9-7-17(28)13-19(21)30/h2-10,13-14,24H,11-12H2,1H3,(H4,32,33,34,35,36). The second kappa shape index (κ2) is 11.8. The van der Waals surface area contributed by atoms with Crippen molar-refractivity contribution in [2.45, 2.75) is 19.5 Å². The van der Waals surface area contributed by atoms with Gasteiger partial charge in [-0.05, 0) is 55.3 Å². The van der Waals surface area contributed by atoms with Crippen LogP contribution in [-0.2, 0) is 6.42 Å². The Balaban J connectivity index is 1.53. The SMILES string of the molecule is Cc1nn(-c2ccc(Cl)cc2Cl)c(Oc2ccc(Cl)cc2Cl)c1C1N=C(N)NC(=NCCc2ccccc2)N1. The topological polar surface area (TPSA) is 102 Å². The van der Waals surface area contributed by atoms with Crippen LogP contribution in [-0.4, -0.2) is 28.2 Å². The molecule has 8 nitrogen and oxygen atoms in total. The average Bonchev–Trinajstić information content (AvgIpc) is 3.21. The number of ether oxygens (including phenoxy) is 1. The van der Waals surface area contributed by atoms with Crippen molar-refractivity contribution in [2.75, 3.05) is 6.54 Å². The average molecular weight is 603 g/mol. The van der Waals surface area contributed by atoms with Gasteiger partial charge >= 0.3 is 0 Å². The monoisotopic (exact) mass is 601 g/mol. The third kappa shape index (κ3) is 6.25. The van der Waals surface area contributed by atoms with Crippen molar-refractivity contribution in [3.63, 3.8) is 0 Å². The van der Waals surface area contributed by atoms with Gasteiger partial charge in [-0.15, -0.1) is 0 Å². The minimum Gasteiger partial charge on any atom is -0.437 e. The third-order valence-electron chi connectivity index (χ3n) is 5.88. The first kappa shape index (κ1) is 27.1. The highest BCUT2D eigenvalue weighted by Crippen LogP contribution is 2.40. The Morgan fingerprint density at radius 1 is 0.974 bits per heavy atom. The van der Waals surface area contributed by atoms with Crippen LogP contribution < -0.4 is 21.1 Å². The Hall–Kier alpha value is -3.43. The number of rotatable bonds is 7. The van der Waals surface area contributed by atoms with Gasteiger partial charge in [-0.2, -0.15) is 9.78 Å². The molecule has 0 saturated heterocycles. The highest BCUT2D eigenvalue weighted by Gasteiger charge is 2.30. The third-order valence-corrected chi connectivity index (χ3v) is 6.94. The molecule has 0 fully saturated rings. The summed E-state index contributed by atoms with van der Waals surface area (Å²) >= 11 is 25.3. The Morgan fingerprint density at radius 2 is 1.69 bits per heavy atom. The molecule has 4 N–H and O–H groups in total. The summed E-state index contributed by atoms with van der Waals surface area (Å²) in [6, 6.07) is 20.2. The summed E-state index contributed by atoms with van der Waals surface area (Å²) < 4.78 is 7.94. The molecule has 1 aromatic heterocycles. The van der Waals surface area contributed by atoms with Crippen LogP contribution in [0.25, 0.3) is 5.69 Å². The first-order valence-corrected chi connectivity index (χ1v) is 13.4. The van der Waals surface area contributed by atoms with Gasteiger partial charge in [0.15, 0.2) is 18.1 Å². The molecule has 2 heterocycles. The van der Waals surface area contributed by atoms with Gasteiger partial charge < -0.3 is 15.8 Å². The molecule has 200 valence electrons. The Bertz CT molecular complexity index is 1570. The number of hydrogen-bond donors (Lipinski definition) is 3. The van der Waals surface area contributed by atoms with E-state index in [0.717, 1.165) is 6.42 Å². The van der Waals surface area contributed by atoms with Crippen molar-refractivity contribution >= 4 is 58.3 Å². The molecule has 1 unspecified atom stereocenters. The first-order chi connectivity index (χ1) is 18.8. The lowest BCUT2D eigenvalue weighted by Crippen LogP contribution is -2.50. The summed E-state index contributed by atoms with van der Waals surface area (Å²) in [5.74, 6) is 1.39. The van der Waals surface area contributed by atoms with Crippen LogP contribution in [0.4, 0.5) is 0 Å². The lowest BCUT2D eigenvalue weighted by atomic mass is 10.1. The molecule has 5 rings (SSSR count). The number of benzene rings is 3. The Labute approximate surface area is 245 Å². The number of nitrogens with zero attached hydrogens (tertiary/aromatic N) is 4. The number of aliphatic imine (C=N–C) groups is 2. The second-order valence-corrected chi connectivity index (χ2v) is 10.3. The molecule has 0 spiro atoms. The van der Waals surface area contributed by atoms with Gasteiger partial charge in [0.05, 0.1) is 27.0 Å². The molecule has 1 aliphatic rings. The van der Waals surface area contributed by atoms with Gasteiger partial charge in [0.1, 0.15) is 5.75 Å². The van der Waals surface area contributed by atoms with E-state index in [4.69, 9.17) is 62.0 Å². The smallest absolute Gasteiger partial charge is 0.230 e. The minimum absolute atomic E-state index is 0.198. The van der Waals surface area contributed by atoms with E-state index in [2.05, 4.69) is 32.8 Å². The van der Waals surface area contributed by atoms with Crippen LogP contribution >= 0.6 is 46.4 Å². The summed E-state index contributed by atoms with van der Waals surface area (Å²) in [6.45, 7) is 2.38. The normalized spacial score (nSPS) is 16.0. The minimum atomic E-state index is -0.664. The van der Waals surface area contributed by atoms with Crippen LogP contribution in [0.1, 0.15) is 23.0 Å². The number of nitrogens with two attached hydrogens (primary N) is 1. The largest absolute Gasteiger partial charge is 0.437 e. The molecular formula is C27H23Cl4N7O. The molecule has 3 aromatic carbocycles. The van der Waals surface area contributed by atoms with Gasteiger partial charge in [-0.1, -0.05) is 76.7 Å². The molecule has 0 aliphatic carbocycles. The van der Waals surface area contributed by atoms with Crippen LogP contribution in [0.15, 0.2) is 76.7 Å². The van der Waals surface area contributed by atoms with Crippen LogP contribution in [0.3, 0.4) is 0 Å². The zero-order valence-corrected chi connectivity index (χ0v) is 23.7. The predicted octanol–water partition coefficient (Wildman–Crippen LogP) is 6.69. The van der Waals surface area contributed by atoms with Gasteiger partial charge in [0, 0.05) is 16.6 Å². The van der Waals surface area contributed by atoms with Gasteiger partial charge in [0.25, 0.3) is 0 Å². The lowest BCUT2D eigenvalue weighted by molar-refractivity contribution is 0.432. The molecule has 0 amide bonds. The van der Waals surface area contributed by atoms with Crippen molar-refractivity contribution in [1.82, 2.24) is 20.4 Å². The fourth-order valence-corrected chi connectivity index (χ4v) is 5.00. The highest BCUT2D eigenvalue weighted by molar-refractivity contribution is 6.36. The van der Waals surface area contributed by atoms with Crippen molar-refractivity contribution < 1.29 is 4.74 Å².